The highest BCUT2D eigenvalue weighted by Crippen LogP contribution is 2.31. The minimum atomic E-state index is -0.365. The Morgan fingerprint density at radius 3 is 2.17 bits per heavy atom. The summed E-state index contributed by atoms with van der Waals surface area (Å²) in [6, 6.07) is 20.4. The SMILES string of the molecule is S=c1n(CN2CCC3(CC2)OCCO3)nc(-c2ccccc2)n1-c1ccccc1. The molecule has 1 aromatic heterocycles. The second-order valence-electron chi connectivity index (χ2n) is 7.51. The Bertz CT molecular complexity index is 1020. The monoisotopic (exact) mass is 408 g/mol. The van der Waals surface area contributed by atoms with Crippen LogP contribution in [0.15, 0.2) is 60.7 Å². The van der Waals surface area contributed by atoms with Crippen LogP contribution in [0.4, 0.5) is 0 Å². The smallest absolute Gasteiger partial charge is 0.204 e. The molecule has 1 spiro atoms. The number of nitrogens with zero attached hydrogens (tertiary/aromatic N) is 4. The van der Waals surface area contributed by atoms with Gasteiger partial charge < -0.3 is 9.47 Å². The number of hydrogen-bond donors (Lipinski definition) is 0. The highest BCUT2D eigenvalue weighted by molar-refractivity contribution is 7.71. The maximum atomic E-state index is 5.85. The summed E-state index contributed by atoms with van der Waals surface area (Å²) in [5.74, 6) is 0.494. The molecular formula is C22H24N4O2S. The zero-order chi connectivity index (χ0) is 19.7. The highest BCUT2D eigenvalue weighted by atomic mass is 32.1. The molecule has 0 atom stereocenters. The first kappa shape index (κ1) is 18.7. The number of aromatic nitrogens is 3. The van der Waals surface area contributed by atoms with E-state index in [1.807, 2.05) is 41.1 Å². The van der Waals surface area contributed by atoms with E-state index in [1.54, 1.807) is 0 Å². The Hall–Kier alpha value is -2.32. The van der Waals surface area contributed by atoms with Crippen LogP contribution in [0.25, 0.3) is 17.1 Å². The van der Waals surface area contributed by atoms with Crippen molar-refractivity contribution in [2.24, 2.45) is 0 Å². The molecule has 0 N–H and O–H groups in total. The van der Waals surface area contributed by atoms with E-state index in [1.165, 1.54) is 0 Å². The maximum Gasteiger partial charge on any atom is 0.204 e. The molecule has 5 rings (SSSR count). The van der Waals surface area contributed by atoms with Gasteiger partial charge in [-0.3, -0.25) is 9.47 Å². The second kappa shape index (κ2) is 7.84. The minimum Gasteiger partial charge on any atom is -0.347 e. The molecular weight excluding hydrogens is 384 g/mol. The normalized spacial score (nSPS) is 19.0. The molecule has 0 radical (unpaired) electrons. The van der Waals surface area contributed by atoms with Crippen molar-refractivity contribution in [1.82, 2.24) is 19.2 Å². The third-order valence-corrected chi connectivity index (χ3v) is 6.04. The molecule has 150 valence electrons. The lowest BCUT2D eigenvalue weighted by Crippen LogP contribution is -2.45. The van der Waals surface area contributed by atoms with Gasteiger partial charge in [-0.15, -0.1) is 5.10 Å². The van der Waals surface area contributed by atoms with E-state index in [4.69, 9.17) is 26.8 Å². The van der Waals surface area contributed by atoms with E-state index >= 15 is 0 Å². The molecule has 0 amide bonds. The first-order valence-corrected chi connectivity index (χ1v) is 10.5. The quantitative estimate of drug-likeness (QED) is 0.614. The lowest BCUT2D eigenvalue weighted by atomic mass is 10.0. The van der Waals surface area contributed by atoms with Crippen molar-refractivity contribution in [1.29, 1.82) is 0 Å². The molecule has 6 nitrogen and oxygen atoms in total. The van der Waals surface area contributed by atoms with Crippen LogP contribution in [0.5, 0.6) is 0 Å². The van der Waals surface area contributed by atoms with E-state index in [2.05, 4.69) is 33.7 Å². The van der Waals surface area contributed by atoms with Gasteiger partial charge >= 0.3 is 0 Å². The molecule has 2 aliphatic heterocycles. The van der Waals surface area contributed by atoms with E-state index in [0.717, 1.165) is 43.0 Å². The molecule has 0 bridgehead atoms. The van der Waals surface area contributed by atoms with Crippen LogP contribution < -0.4 is 0 Å². The Labute approximate surface area is 175 Å². The van der Waals surface area contributed by atoms with Gasteiger partial charge in [-0.2, -0.15) is 0 Å². The second-order valence-corrected chi connectivity index (χ2v) is 7.87. The number of ether oxygens (including phenoxy) is 2. The lowest BCUT2D eigenvalue weighted by Gasteiger charge is -2.37. The number of benzene rings is 2. The van der Waals surface area contributed by atoms with Crippen molar-refractivity contribution in [3.8, 4) is 17.1 Å². The average molecular weight is 409 g/mol. The van der Waals surface area contributed by atoms with Crippen molar-refractivity contribution in [3.63, 3.8) is 0 Å². The highest BCUT2D eigenvalue weighted by Gasteiger charge is 2.39. The summed E-state index contributed by atoms with van der Waals surface area (Å²) in [6.07, 6.45) is 1.76. The Kier molecular flexibility index (Phi) is 5.05. The predicted octanol–water partition coefficient (Wildman–Crippen LogP) is 3.87. The third-order valence-electron chi connectivity index (χ3n) is 5.65. The molecule has 3 heterocycles. The van der Waals surface area contributed by atoms with Gasteiger partial charge in [-0.25, -0.2) is 4.68 Å². The van der Waals surface area contributed by atoms with Crippen molar-refractivity contribution in [2.45, 2.75) is 25.3 Å². The first-order valence-electron chi connectivity index (χ1n) is 10.1. The van der Waals surface area contributed by atoms with Gasteiger partial charge in [0.25, 0.3) is 0 Å². The van der Waals surface area contributed by atoms with Gasteiger partial charge in [-0.1, -0.05) is 48.5 Å². The first-order chi connectivity index (χ1) is 14.2. The molecule has 0 aliphatic carbocycles. The summed E-state index contributed by atoms with van der Waals surface area (Å²) in [7, 11) is 0. The maximum absolute atomic E-state index is 5.85. The molecule has 2 aromatic carbocycles. The minimum absolute atomic E-state index is 0.365. The van der Waals surface area contributed by atoms with Crippen molar-refractivity contribution in [3.05, 3.63) is 65.4 Å². The molecule has 2 aliphatic rings. The molecule has 2 saturated heterocycles. The number of likely N-dealkylation sites (tertiary alicyclic amines) is 1. The van der Waals surface area contributed by atoms with Gasteiger partial charge in [0.05, 0.1) is 19.9 Å². The van der Waals surface area contributed by atoms with Crippen LogP contribution in [0, 0.1) is 4.77 Å². The lowest BCUT2D eigenvalue weighted by molar-refractivity contribution is -0.187. The molecule has 2 fully saturated rings. The summed E-state index contributed by atoms with van der Waals surface area (Å²) in [4.78, 5) is 2.36. The Morgan fingerprint density at radius 1 is 0.897 bits per heavy atom. The third kappa shape index (κ3) is 3.67. The Morgan fingerprint density at radius 2 is 1.52 bits per heavy atom. The van der Waals surface area contributed by atoms with Crippen LogP contribution in [-0.4, -0.2) is 51.3 Å². The van der Waals surface area contributed by atoms with E-state index in [9.17, 15) is 0 Å². The van der Waals surface area contributed by atoms with Crippen LogP contribution in [-0.2, 0) is 16.1 Å². The zero-order valence-corrected chi connectivity index (χ0v) is 17.1. The predicted molar refractivity (Wildman–Crippen MR) is 113 cm³/mol. The molecule has 0 unspecified atom stereocenters. The average Bonchev–Trinajstić information content (AvgIpc) is 3.36. The standard InChI is InChI=1S/C22H24N4O2S/c29-21-25(17-24-13-11-22(12-14-24)27-15-16-28-22)23-20(18-7-3-1-4-8-18)26(21)19-9-5-2-6-10-19/h1-10H,11-17H2. The summed E-state index contributed by atoms with van der Waals surface area (Å²) < 4.78 is 16.4. The van der Waals surface area contributed by atoms with Gasteiger partial charge in [0.1, 0.15) is 0 Å². The van der Waals surface area contributed by atoms with Crippen LogP contribution in [0.2, 0.25) is 0 Å². The van der Waals surface area contributed by atoms with Crippen molar-refractivity contribution >= 4 is 12.2 Å². The molecule has 7 heteroatoms. The molecule has 0 saturated carbocycles. The van der Waals surface area contributed by atoms with Gasteiger partial charge in [0, 0.05) is 37.2 Å². The van der Waals surface area contributed by atoms with Gasteiger partial charge in [0.2, 0.25) is 4.77 Å². The number of piperidine rings is 1. The fraction of sp³-hybridized carbons (Fsp3) is 0.364. The Balaban J connectivity index is 1.45. The van der Waals surface area contributed by atoms with E-state index in [-0.39, 0.29) is 5.79 Å². The zero-order valence-electron chi connectivity index (χ0n) is 16.2. The summed E-state index contributed by atoms with van der Waals surface area (Å²) in [6.45, 7) is 3.87. The van der Waals surface area contributed by atoms with E-state index < -0.39 is 0 Å². The summed E-state index contributed by atoms with van der Waals surface area (Å²) >= 11 is 5.85. The number of hydrogen-bond acceptors (Lipinski definition) is 5. The fourth-order valence-electron chi connectivity index (χ4n) is 4.09. The van der Waals surface area contributed by atoms with Gasteiger partial charge in [-0.05, 0) is 24.4 Å². The van der Waals surface area contributed by atoms with Crippen LogP contribution >= 0.6 is 12.2 Å². The topological polar surface area (TPSA) is 44.4 Å². The fourth-order valence-corrected chi connectivity index (χ4v) is 4.38. The van der Waals surface area contributed by atoms with Crippen molar-refractivity contribution in [2.75, 3.05) is 26.3 Å². The molecule has 3 aromatic rings. The van der Waals surface area contributed by atoms with Crippen molar-refractivity contribution < 1.29 is 9.47 Å². The van der Waals surface area contributed by atoms with E-state index in [0.29, 0.717) is 24.7 Å². The van der Waals surface area contributed by atoms with Crippen LogP contribution in [0.1, 0.15) is 12.8 Å². The number of para-hydroxylation sites is 1. The van der Waals surface area contributed by atoms with Crippen LogP contribution in [0.3, 0.4) is 0 Å². The molecule has 29 heavy (non-hydrogen) atoms. The number of rotatable bonds is 4. The largest absolute Gasteiger partial charge is 0.347 e. The van der Waals surface area contributed by atoms with Gasteiger partial charge in [0.15, 0.2) is 11.6 Å². The summed E-state index contributed by atoms with van der Waals surface area (Å²) in [5.41, 5.74) is 2.07. The summed E-state index contributed by atoms with van der Waals surface area (Å²) in [5, 5.41) is 4.91.